The van der Waals surface area contributed by atoms with Crippen molar-refractivity contribution in [1.82, 2.24) is 4.90 Å². The number of aryl methyl sites for hydroxylation is 1. The second kappa shape index (κ2) is 6.21. The maximum absolute atomic E-state index is 11.0. The van der Waals surface area contributed by atoms with Crippen LogP contribution in [0.4, 0.5) is 0 Å². The van der Waals surface area contributed by atoms with E-state index in [0.717, 1.165) is 32.5 Å². The molecule has 1 saturated heterocycles. The number of aromatic carboxylic acids is 1. The molecule has 0 amide bonds. The molecule has 106 valence electrons. The van der Waals surface area contributed by atoms with Crippen molar-refractivity contribution < 1.29 is 19.1 Å². The first-order valence-corrected chi connectivity index (χ1v) is 6.76. The summed E-state index contributed by atoms with van der Waals surface area (Å²) >= 11 is 0. The van der Waals surface area contributed by atoms with Gasteiger partial charge in [-0.05, 0) is 25.8 Å². The number of carboxylic acids is 1. The molecular formula is C14H21NO4. The van der Waals surface area contributed by atoms with Crippen LogP contribution >= 0.6 is 0 Å². The lowest BCUT2D eigenvalue weighted by atomic mass is 10.2. The smallest absolute Gasteiger partial charge is 0.372 e. The quantitative estimate of drug-likeness (QED) is 0.906. The Morgan fingerprint density at radius 1 is 1.58 bits per heavy atom. The Balaban J connectivity index is 2.03. The van der Waals surface area contributed by atoms with E-state index in [9.17, 15) is 4.79 Å². The molecule has 5 heteroatoms. The normalized spacial score (nSPS) is 21.3. The average molecular weight is 267 g/mol. The van der Waals surface area contributed by atoms with Crippen LogP contribution in [0.25, 0.3) is 0 Å². The second-order valence-corrected chi connectivity index (χ2v) is 5.02. The highest BCUT2D eigenvalue weighted by Gasteiger charge is 2.20. The van der Waals surface area contributed by atoms with E-state index >= 15 is 0 Å². The molecule has 1 aromatic rings. The van der Waals surface area contributed by atoms with Crippen molar-refractivity contribution in [2.75, 3.05) is 19.7 Å². The molecule has 1 aliphatic heterocycles. The van der Waals surface area contributed by atoms with Crippen molar-refractivity contribution in [3.05, 3.63) is 23.2 Å². The zero-order valence-electron chi connectivity index (χ0n) is 11.5. The third-order valence-corrected chi connectivity index (χ3v) is 3.43. The Morgan fingerprint density at radius 2 is 2.37 bits per heavy atom. The largest absolute Gasteiger partial charge is 0.475 e. The molecule has 1 aliphatic rings. The van der Waals surface area contributed by atoms with Crippen LogP contribution in [-0.4, -0.2) is 41.8 Å². The maximum atomic E-state index is 11.0. The van der Waals surface area contributed by atoms with E-state index in [1.54, 1.807) is 6.92 Å². The molecule has 1 aromatic heterocycles. The summed E-state index contributed by atoms with van der Waals surface area (Å²) in [6, 6.07) is 1.82. The molecular weight excluding hydrogens is 246 g/mol. The van der Waals surface area contributed by atoms with Crippen LogP contribution in [0, 0.1) is 6.92 Å². The fourth-order valence-electron chi connectivity index (χ4n) is 2.42. The van der Waals surface area contributed by atoms with E-state index in [-0.39, 0.29) is 11.9 Å². The lowest BCUT2D eigenvalue weighted by Gasteiger charge is -2.21. The average Bonchev–Trinajstić information content (AvgIpc) is 2.60. The van der Waals surface area contributed by atoms with Crippen LogP contribution in [0.15, 0.2) is 10.5 Å². The summed E-state index contributed by atoms with van der Waals surface area (Å²) in [6.45, 7) is 7.16. The van der Waals surface area contributed by atoms with Crippen LogP contribution in [0.3, 0.4) is 0 Å². The van der Waals surface area contributed by atoms with Gasteiger partial charge in [-0.3, -0.25) is 4.90 Å². The van der Waals surface area contributed by atoms with E-state index in [1.807, 2.05) is 6.07 Å². The highest BCUT2D eigenvalue weighted by Crippen LogP contribution is 2.18. The van der Waals surface area contributed by atoms with E-state index in [4.69, 9.17) is 14.3 Å². The van der Waals surface area contributed by atoms with E-state index in [1.165, 1.54) is 0 Å². The summed E-state index contributed by atoms with van der Waals surface area (Å²) in [5.41, 5.74) is 0.681. The van der Waals surface area contributed by atoms with Gasteiger partial charge in [0.15, 0.2) is 0 Å². The van der Waals surface area contributed by atoms with Crippen LogP contribution in [0.2, 0.25) is 0 Å². The van der Waals surface area contributed by atoms with E-state index in [2.05, 4.69) is 11.8 Å². The molecule has 19 heavy (non-hydrogen) atoms. The van der Waals surface area contributed by atoms with Crippen molar-refractivity contribution in [2.45, 2.75) is 39.3 Å². The van der Waals surface area contributed by atoms with Gasteiger partial charge in [0.2, 0.25) is 5.76 Å². The van der Waals surface area contributed by atoms with Gasteiger partial charge in [0.05, 0.1) is 12.6 Å². The number of furan rings is 1. The monoisotopic (exact) mass is 267 g/mol. The highest BCUT2D eigenvalue weighted by atomic mass is 16.5. The van der Waals surface area contributed by atoms with Gasteiger partial charge in [0, 0.05) is 25.3 Å². The summed E-state index contributed by atoms with van der Waals surface area (Å²) in [7, 11) is 0. The molecule has 0 saturated carbocycles. The van der Waals surface area contributed by atoms with Crippen molar-refractivity contribution in [3.63, 3.8) is 0 Å². The van der Waals surface area contributed by atoms with Crippen molar-refractivity contribution in [3.8, 4) is 0 Å². The Morgan fingerprint density at radius 3 is 3.00 bits per heavy atom. The molecule has 0 aliphatic carbocycles. The number of carbonyl (C=O) groups is 1. The van der Waals surface area contributed by atoms with E-state index in [0.29, 0.717) is 17.9 Å². The summed E-state index contributed by atoms with van der Waals surface area (Å²) in [4.78, 5) is 13.2. The van der Waals surface area contributed by atoms with Crippen LogP contribution in [0.5, 0.6) is 0 Å². The standard InChI is InChI=1S/C14H21NO4/c1-3-11-8-15(5-4-6-18-11)9-12-7-10(2)13(19-12)14(16)17/h7,11H,3-6,8-9H2,1-2H3,(H,16,17). The molecule has 0 spiro atoms. The van der Waals surface area contributed by atoms with Gasteiger partial charge in [0.1, 0.15) is 5.76 Å². The van der Waals surface area contributed by atoms with Crippen LogP contribution in [-0.2, 0) is 11.3 Å². The minimum Gasteiger partial charge on any atom is -0.475 e. The third kappa shape index (κ3) is 3.58. The van der Waals surface area contributed by atoms with Crippen molar-refractivity contribution in [1.29, 1.82) is 0 Å². The van der Waals surface area contributed by atoms with E-state index < -0.39 is 5.97 Å². The van der Waals surface area contributed by atoms with Crippen molar-refractivity contribution in [2.24, 2.45) is 0 Å². The fraction of sp³-hybridized carbons (Fsp3) is 0.643. The number of carboxylic acid groups (broad SMARTS) is 1. The number of rotatable bonds is 4. The molecule has 1 unspecified atom stereocenters. The summed E-state index contributed by atoms with van der Waals surface area (Å²) < 4.78 is 11.1. The number of hydrogen-bond donors (Lipinski definition) is 1. The molecule has 1 fully saturated rings. The first-order chi connectivity index (χ1) is 9.10. The minimum absolute atomic E-state index is 0.0492. The molecule has 2 heterocycles. The summed E-state index contributed by atoms with van der Waals surface area (Å²) in [5, 5.41) is 8.98. The number of nitrogens with zero attached hydrogens (tertiary/aromatic N) is 1. The Labute approximate surface area is 113 Å². The fourth-order valence-corrected chi connectivity index (χ4v) is 2.42. The maximum Gasteiger partial charge on any atom is 0.372 e. The van der Waals surface area contributed by atoms with Gasteiger partial charge in [-0.15, -0.1) is 0 Å². The SMILES string of the molecule is CCC1CN(Cc2cc(C)c(C(=O)O)o2)CCCO1. The van der Waals surface area contributed by atoms with Gasteiger partial charge in [-0.25, -0.2) is 4.79 Å². The second-order valence-electron chi connectivity index (χ2n) is 5.02. The molecule has 1 atom stereocenters. The van der Waals surface area contributed by atoms with Crippen molar-refractivity contribution >= 4 is 5.97 Å². The topological polar surface area (TPSA) is 62.9 Å². The van der Waals surface area contributed by atoms with Gasteiger partial charge >= 0.3 is 5.97 Å². The summed E-state index contributed by atoms with van der Waals surface area (Å²) in [5.74, 6) is -0.242. The molecule has 0 aromatic carbocycles. The Hall–Kier alpha value is -1.33. The predicted octanol–water partition coefficient (Wildman–Crippen LogP) is 2.29. The molecule has 5 nitrogen and oxygen atoms in total. The van der Waals surface area contributed by atoms with Gasteiger partial charge in [-0.2, -0.15) is 0 Å². The molecule has 0 bridgehead atoms. The zero-order chi connectivity index (χ0) is 13.8. The molecule has 2 rings (SSSR count). The lowest BCUT2D eigenvalue weighted by Crippen LogP contribution is -2.30. The predicted molar refractivity (Wildman–Crippen MR) is 70.3 cm³/mol. The van der Waals surface area contributed by atoms with Crippen LogP contribution < -0.4 is 0 Å². The Bertz CT molecular complexity index is 441. The highest BCUT2D eigenvalue weighted by molar-refractivity contribution is 5.86. The molecule has 1 N–H and O–H groups in total. The van der Waals surface area contributed by atoms with Crippen LogP contribution in [0.1, 0.15) is 41.6 Å². The van der Waals surface area contributed by atoms with Gasteiger partial charge in [0.25, 0.3) is 0 Å². The molecule has 0 radical (unpaired) electrons. The van der Waals surface area contributed by atoms with Gasteiger partial charge in [-0.1, -0.05) is 6.92 Å². The first kappa shape index (κ1) is 14.1. The lowest BCUT2D eigenvalue weighted by molar-refractivity contribution is 0.0498. The zero-order valence-corrected chi connectivity index (χ0v) is 11.5. The number of hydrogen-bond acceptors (Lipinski definition) is 4. The third-order valence-electron chi connectivity index (χ3n) is 3.43. The minimum atomic E-state index is -1.01. The number of ether oxygens (including phenoxy) is 1. The summed E-state index contributed by atoms with van der Waals surface area (Å²) in [6.07, 6.45) is 2.26. The first-order valence-electron chi connectivity index (χ1n) is 6.76. The Kier molecular flexibility index (Phi) is 4.61. The van der Waals surface area contributed by atoms with Gasteiger partial charge < -0.3 is 14.3 Å².